The van der Waals surface area contributed by atoms with Gasteiger partial charge in [-0.3, -0.25) is 0 Å². The number of carbonyl (C=O) groups is 4. The van der Waals surface area contributed by atoms with E-state index in [4.69, 9.17) is 19.7 Å². The Labute approximate surface area is 166 Å². The van der Waals surface area contributed by atoms with Crippen molar-refractivity contribution in [3.8, 4) is 0 Å². The molecule has 0 aromatic rings. The highest BCUT2D eigenvalue weighted by Gasteiger charge is 2.07. The molecule has 0 aliphatic carbocycles. The molecule has 0 spiro atoms. The Morgan fingerprint density at radius 1 is 0.750 bits per heavy atom. The van der Waals surface area contributed by atoms with Gasteiger partial charge in [0.15, 0.2) is 0 Å². The summed E-state index contributed by atoms with van der Waals surface area (Å²) in [6.45, 7) is 6.72. The number of ether oxygens (including phenoxy) is 2. The molecule has 28 heavy (non-hydrogen) atoms. The van der Waals surface area contributed by atoms with E-state index in [-0.39, 0.29) is 5.57 Å². The van der Waals surface area contributed by atoms with Crippen molar-refractivity contribution in [1.82, 2.24) is 0 Å². The maximum Gasteiger partial charge on any atom is 0.331 e. The molecule has 0 aromatic carbocycles. The van der Waals surface area contributed by atoms with Gasteiger partial charge in [0.05, 0.1) is 13.2 Å². The minimum Gasteiger partial charge on any atom is -0.478 e. The molecule has 0 amide bonds. The fourth-order valence-electron chi connectivity index (χ4n) is 1.62. The molecule has 160 valence electrons. The summed E-state index contributed by atoms with van der Waals surface area (Å²) in [6, 6.07) is 0. The van der Waals surface area contributed by atoms with E-state index in [1.807, 2.05) is 20.8 Å². The predicted octanol–water partition coefficient (Wildman–Crippen LogP) is 3.50. The van der Waals surface area contributed by atoms with Crippen LogP contribution < -0.4 is 0 Å². The average Bonchev–Trinajstić information content (AvgIpc) is 2.64. The molecule has 0 fully saturated rings. The van der Waals surface area contributed by atoms with E-state index in [2.05, 4.69) is 0 Å². The molecule has 0 radical (unpaired) electrons. The predicted molar refractivity (Wildman–Crippen MR) is 104 cm³/mol. The number of carboxylic acids is 2. The maximum atomic E-state index is 11.0. The van der Waals surface area contributed by atoms with E-state index in [0.29, 0.717) is 26.1 Å². The van der Waals surface area contributed by atoms with Crippen LogP contribution in [0.1, 0.15) is 65.7 Å². The van der Waals surface area contributed by atoms with E-state index in [9.17, 15) is 19.2 Å². The summed E-state index contributed by atoms with van der Waals surface area (Å²) >= 11 is 0. The number of hydrogen-bond acceptors (Lipinski definition) is 6. The van der Waals surface area contributed by atoms with Gasteiger partial charge in [-0.15, -0.1) is 0 Å². The quantitative estimate of drug-likeness (QED) is 0.273. The largest absolute Gasteiger partial charge is 0.478 e. The van der Waals surface area contributed by atoms with Crippen molar-refractivity contribution in [3.05, 3.63) is 23.8 Å². The molecular formula is C20H32O8. The van der Waals surface area contributed by atoms with Gasteiger partial charge >= 0.3 is 23.9 Å². The van der Waals surface area contributed by atoms with Crippen LogP contribution in [0.15, 0.2) is 23.8 Å². The number of hydrogen-bond donors (Lipinski definition) is 2. The second kappa shape index (κ2) is 19.1. The van der Waals surface area contributed by atoms with Gasteiger partial charge in [-0.2, -0.15) is 0 Å². The Hall–Kier alpha value is -2.64. The van der Waals surface area contributed by atoms with Gasteiger partial charge < -0.3 is 19.7 Å². The van der Waals surface area contributed by atoms with Crippen LogP contribution in [0.3, 0.4) is 0 Å². The Bertz CT molecular complexity index is 510. The molecule has 0 bridgehead atoms. The molecule has 0 saturated heterocycles. The first-order valence-corrected chi connectivity index (χ1v) is 9.46. The van der Waals surface area contributed by atoms with Crippen molar-refractivity contribution in [3.63, 3.8) is 0 Å². The number of aliphatic carboxylic acids is 2. The minimum absolute atomic E-state index is 0.0376. The Balaban J connectivity index is 0. The van der Waals surface area contributed by atoms with Crippen LogP contribution in [0, 0.1) is 0 Å². The third kappa shape index (κ3) is 19.7. The summed E-state index contributed by atoms with van der Waals surface area (Å²) in [4.78, 5) is 42.6. The van der Waals surface area contributed by atoms with E-state index in [1.165, 1.54) is 0 Å². The third-order valence-electron chi connectivity index (χ3n) is 3.21. The molecule has 0 aliphatic heterocycles. The Morgan fingerprint density at radius 2 is 1.18 bits per heavy atom. The molecule has 0 heterocycles. The molecule has 0 unspecified atom stereocenters. The zero-order valence-electron chi connectivity index (χ0n) is 16.9. The lowest BCUT2D eigenvalue weighted by atomic mass is 10.1. The average molecular weight is 400 g/mol. The summed E-state index contributed by atoms with van der Waals surface area (Å²) < 4.78 is 9.65. The van der Waals surface area contributed by atoms with Crippen LogP contribution in [0.5, 0.6) is 0 Å². The fourth-order valence-corrected chi connectivity index (χ4v) is 1.62. The lowest BCUT2D eigenvalue weighted by Gasteiger charge is -2.00. The second-order valence-corrected chi connectivity index (χ2v) is 5.79. The highest BCUT2D eigenvalue weighted by atomic mass is 16.5. The summed E-state index contributed by atoms with van der Waals surface area (Å²) in [5.74, 6) is -3.35. The van der Waals surface area contributed by atoms with Gasteiger partial charge in [-0.05, 0) is 25.7 Å². The molecule has 8 heteroatoms. The number of rotatable bonds is 13. The Kier molecular flexibility index (Phi) is 18.8. The zero-order chi connectivity index (χ0) is 21.8. The smallest absolute Gasteiger partial charge is 0.331 e. The lowest BCUT2D eigenvalue weighted by Crippen LogP contribution is -2.05. The summed E-state index contributed by atoms with van der Waals surface area (Å²) in [7, 11) is 0. The number of unbranched alkanes of at least 4 members (excludes halogenated alkanes) is 3. The highest BCUT2D eigenvalue weighted by Crippen LogP contribution is 2.06. The van der Waals surface area contributed by atoms with Crippen molar-refractivity contribution < 1.29 is 38.9 Å². The number of esters is 2. The highest BCUT2D eigenvalue weighted by molar-refractivity contribution is 5.94. The minimum atomic E-state index is -1.21. The standard InChI is InChI=1S/C12H20O4.C8H12O4/c1-3-5-9-15-11(13)7-8-12(14)16-10-6-4-2;1-2-3-4-6(8(11)12)5-7(9)10/h7-8H,3-6,9-10H2,1-2H3;5H,2-4H2,1H3,(H,9,10)(H,11,12)/b8-7-;6-5-. The summed E-state index contributed by atoms with van der Waals surface area (Å²) in [6.07, 6.45) is 8.42. The molecule has 0 rings (SSSR count). The third-order valence-corrected chi connectivity index (χ3v) is 3.21. The maximum absolute atomic E-state index is 11.0. The van der Waals surface area contributed by atoms with Gasteiger partial charge in [0, 0.05) is 23.8 Å². The first kappa shape index (κ1) is 27.6. The van der Waals surface area contributed by atoms with Crippen LogP contribution in [0.2, 0.25) is 0 Å². The van der Waals surface area contributed by atoms with Crippen LogP contribution in [-0.2, 0) is 28.7 Å². The van der Waals surface area contributed by atoms with Crippen molar-refractivity contribution >= 4 is 23.9 Å². The van der Waals surface area contributed by atoms with E-state index in [0.717, 1.165) is 50.3 Å². The van der Waals surface area contributed by atoms with Gasteiger partial charge in [0.1, 0.15) is 0 Å². The first-order chi connectivity index (χ1) is 13.3. The lowest BCUT2D eigenvalue weighted by molar-refractivity contribution is -0.140. The molecule has 2 N–H and O–H groups in total. The topological polar surface area (TPSA) is 127 Å². The van der Waals surface area contributed by atoms with E-state index in [1.54, 1.807) is 0 Å². The van der Waals surface area contributed by atoms with E-state index < -0.39 is 23.9 Å². The van der Waals surface area contributed by atoms with Crippen LogP contribution in [-0.4, -0.2) is 47.3 Å². The molecule has 8 nitrogen and oxygen atoms in total. The SMILES string of the molecule is CCCC/C(=C/C(=O)O)C(=O)O.CCCCOC(=O)/C=C\C(=O)OCCCC. The van der Waals surface area contributed by atoms with Gasteiger partial charge in [-0.25, -0.2) is 19.2 Å². The Morgan fingerprint density at radius 3 is 1.50 bits per heavy atom. The van der Waals surface area contributed by atoms with Crippen molar-refractivity contribution in [2.45, 2.75) is 65.7 Å². The normalized spacial score (nSPS) is 10.8. The number of carboxylic acid groups (broad SMARTS) is 2. The fraction of sp³-hybridized carbons (Fsp3) is 0.600. The monoisotopic (exact) mass is 400 g/mol. The van der Waals surface area contributed by atoms with Gasteiger partial charge in [-0.1, -0.05) is 40.0 Å². The van der Waals surface area contributed by atoms with Crippen LogP contribution >= 0.6 is 0 Å². The molecule has 0 aliphatic rings. The summed E-state index contributed by atoms with van der Waals surface area (Å²) in [5, 5.41) is 16.8. The van der Waals surface area contributed by atoms with Crippen LogP contribution in [0.4, 0.5) is 0 Å². The molecule has 0 aromatic heterocycles. The van der Waals surface area contributed by atoms with E-state index >= 15 is 0 Å². The summed E-state index contributed by atoms with van der Waals surface area (Å²) in [5.41, 5.74) is -0.0376. The molecule has 0 atom stereocenters. The van der Waals surface area contributed by atoms with Crippen molar-refractivity contribution in [2.75, 3.05) is 13.2 Å². The number of carbonyl (C=O) groups excluding carboxylic acids is 2. The van der Waals surface area contributed by atoms with Gasteiger partial charge in [0.25, 0.3) is 0 Å². The van der Waals surface area contributed by atoms with Crippen molar-refractivity contribution in [1.29, 1.82) is 0 Å². The molecule has 0 saturated carbocycles. The zero-order valence-corrected chi connectivity index (χ0v) is 16.9. The van der Waals surface area contributed by atoms with Crippen molar-refractivity contribution in [2.24, 2.45) is 0 Å². The first-order valence-electron chi connectivity index (χ1n) is 9.46. The second-order valence-electron chi connectivity index (χ2n) is 5.79. The van der Waals surface area contributed by atoms with Crippen LogP contribution in [0.25, 0.3) is 0 Å². The molecular weight excluding hydrogens is 368 g/mol. The van der Waals surface area contributed by atoms with Gasteiger partial charge in [0.2, 0.25) is 0 Å².